The molecule has 0 fully saturated rings. The molecular weight excluding hydrogens is 239 g/mol. The monoisotopic (exact) mass is 244 g/mol. The van der Waals surface area contributed by atoms with Gasteiger partial charge in [-0.05, 0) is 18.2 Å². The van der Waals surface area contributed by atoms with Crippen molar-refractivity contribution in [3.8, 4) is 5.75 Å². The summed E-state index contributed by atoms with van der Waals surface area (Å²) in [5.41, 5.74) is 0. The zero-order valence-corrected chi connectivity index (χ0v) is 7.43. The van der Waals surface area contributed by atoms with Gasteiger partial charge < -0.3 is 4.18 Å². The standard InChI is InChI=1S/C6H5BrO2S.Na.H/c7-5-2-1-3-6(4-5)9-10-8;;/h1-4,10H;;. The average molecular weight is 245 g/mol. The number of rotatable bonds is 2. The average Bonchev–Trinajstić information content (AvgIpc) is 1.88. The van der Waals surface area contributed by atoms with Crippen molar-refractivity contribution in [2.75, 3.05) is 0 Å². The van der Waals surface area contributed by atoms with Gasteiger partial charge in [0.2, 0.25) is 0 Å². The van der Waals surface area contributed by atoms with E-state index in [0.717, 1.165) is 4.47 Å². The normalized spacial score (nSPS) is 8.45. The van der Waals surface area contributed by atoms with E-state index in [1.54, 1.807) is 12.1 Å². The summed E-state index contributed by atoms with van der Waals surface area (Å²) in [6.45, 7) is 0. The van der Waals surface area contributed by atoms with Gasteiger partial charge in [-0.2, -0.15) is 0 Å². The minimum atomic E-state index is -0.323. The van der Waals surface area contributed by atoms with Crippen molar-refractivity contribution in [1.82, 2.24) is 0 Å². The maximum atomic E-state index is 9.95. The van der Waals surface area contributed by atoms with Crippen LogP contribution in [-0.2, 0) is 11.9 Å². The molecular formula is C6H6BrNaO2S. The Bertz CT molecular complexity index is 244. The second kappa shape index (κ2) is 6.20. The molecule has 5 heteroatoms. The SMILES string of the molecule is O=[SH]Oc1cccc(Br)c1.[NaH]. The molecule has 0 bridgehead atoms. The molecule has 0 radical (unpaired) electrons. The molecule has 56 valence electrons. The summed E-state index contributed by atoms with van der Waals surface area (Å²) < 4.78 is 15.5. The molecule has 0 aliphatic rings. The third-order valence-electron chi connectivity index (χ3n) is 0.939. The van der Waals surface area contributed by atoms with Crippen LogP contribution in [0.5, 0.6) is 5.75 Å². The van der Waals surface area contributed by atoms with E-state index < -0.39 is 0 Å². The van der Waals surface area contributed by atoms with Crippen LogP contribution in [-0.4, -0.2) is 33.8 Å². The Hall–Kier alpha value is 0.650. The summed E-state index contributed by atoms with van der Waals surface area (Å²) in [4.78, 5) is 0. The van der Waals surface area contributed by atoms with Crippen molar-refractivity contribution in [2.45, 2.75) is 0 Å². The van der Waals surface area contributed by atoms with Gasteiger partial charge in [0.15, 0.2) is 11.9 Å². The molecule has 0 spiro atoms. The number of hydrogen-bond donors (Lipinski definition) is 1. The number of thiol groups is 1. The first kappa shape index (κ1) is 11.6. The second-order valence-electron chi connectivity index (χ2n) is 1.62. The van der Waals surface area contributed by atoms with E-state index in [4.69, 9.17) is 0 Å². The van der Waals surface area contributed by atoms with E-state index in [9.17, 15) is 4.21 Å². The molecule has 0 aliphatic heterocycles. The third kappa shape index (κ3) is 4.28. The molecule has 1 aromatic carbocycles. The van der Waals surface area contributed by atoms with Crippen LogP contribution < -0.4 is 4.18 Å². The molecule has 0 aromatic heterocycles. The van der Waals surface area contributed by atoms with Gasteiger partial charge in [0.05, 0.1) is 0 Å². The fourth-order valence-corrected chi connectivity index (χ4v) is 1.14. The molecule has 0 saturated carbocycles. The molecule has 0 amide bonds. The van der Waals surface area contributed by atoms with Crippen LogP contribution in [0, 0.1) is 0 Å². The van der Waals surface area contributed by atoms with Gasteiger partial charge in [0, 0.05) is 4.47 Å². The summed E-state index contributed by atoms with van der Waals surface area (Å²) in [5.74, 6) is 0.589. The van der Waals surface area contributed by atoms with Crippen LogP contribution in [0.2, 0.25) is 0 Å². The molecule has 0 saturated heterocycles. The van der Waals surface area contributed by atoms with Crippen LogP contribution >= 0.6 is 15.9 Å². The Morgan fingerprint density at radius 1 is 1.45 bits per heavy atom. The van der Waals surface area contributed by atoms with Crippen LogP contribution in [0.15, 0.2) is 28.7 Å². The van der Waals surface area contributed by atoms with Gasteiger partial charge >= 0.3 is 29.6 Å². The predicted octanol–water partition coefficient (Wildman–Crippen LogP) is 1.04. The predicted molar refractivity (Wildman–Crippen MR) is 51.5 cm³/mol. The molecule has 0 unspecified atom stereocenters. The van der Waals surface area contributed by atoms with E-state index in [1.165, 1.54) is 0 Å². The molecule has 1 rings (SSSR count). The third-order valence-corrected chi connectivity index (χ3v) is 1.72. The quantitative estimate of drug-likeness (QED) is 0.622. The van der Waals surface area contributed by atoms with Crippen molar-refractivity contribution in [2.24, 2.45) is 0 Å². The first-order valence-electron chi connectivity index (χ1n) is 2.58. The Morgan fingerprint density at radius 3 is 2.73 bits per heavy atom. The summed E-state index contributed by atoms with van der Waals surface area (Å²) >= 11 is 2.92. The number of hydrogen-bond acceptors (Lipinski definition) is 2. The van der Waals surface area contributed by atoms with Gasteiger partial charge in [0.25, 0.3) is 0 Å². The van der Waals surface area contributed by atoms with Gasteiger partial charge in [0.1, 0.15) is 5.75 Å². The van der Waals surface area contributed by atoms with E-state index >= 15 is 0 Å². The zero-order valence-electron chi connectivity index (χ0n) is 4.95. The fraction of sp³-hybridized carbons (Fsp3) is 0. The molecule has 0 heterocycles. The van der Waals surface area contributed by atoms with E-state index in [0.29, 0.717) is 5.75 Å². The van der Waals surface area contributed by atoms with Crippen LogP contribution in [0.25, 0.3) is 0 Å². The summed E-state index contributed by atoms with van der Waals surface area (Å²) in [5, 5.41) is 0. The Balaban J connectivity index is 0.000001000. The molecule has 2 nitrogen and oxygen atoms in total. The van der Waals surface area contributed by atoms with Crippen molar-refractivity contribution in [3.63, 3.8) is 0 Å². The van der Waals surface area contributed by atoms with Crippen LogP contribution in [0.3, 0.4) is 0 Å². The van der Waals surface area contributed by atoms with Crippen molar-refractivity contribution >= 4 is 57.4 Å². The molecule has 11 heavy (non-hydrogen) atoms. The van der Waals surface area contributed by atoms with Crippen LogP contribution in [0.1, 0.15) is 0 Å². The first-order valence-corrected chi connectivity index (χ1v) is 4.10. The summed E-state index contributed by atoms with van der Waals surface area (Å²) in [6.07, 6.45) is 0. The summed E-state index contributed by atoms with van der Waals surface area (Å²) in [7, 11) is 0. The number of halogens is 1. The van der Waals surface area contributed by atoms with Gasteiger partial charge in [-0.25, -0.2) is 4.21 Å². The van der Waals surface area contributed by atoms with Crippen molar-refractivity contribution < 1.29 is 8.39 Å². The zero-order chi connectivity index (χ0) is 7.40. The topological polar surface area (TPSA) is 26.3 Å². The van der Waals surface area contributed by atoms with Crippen LogP contribution in [0.4, 0.5) is 0 Å². The van der Waals surface area contributed by atoms with E-state index in [1.807, 2.05) is 12.1 Å². The second-order valence-corrected chi connectivity index (χ2v) is 2.87. The van der Waals surface area contributed by atoms with Crippen molar-refractivity contribution in [1.29, 1.82) is 0 Å². The Labute approximate surface area is 99.4 Å². The maximum absolute atomic E-state index is 9.95. The molecule has 0 atom stereocenters. The minimum absolute atomic E-state index is 0. The van der Waals surface area contributed by atoms with Gasteiger partial charge in [-0.3, -0.25) is 0 Å². The molecule has 0 N–H and O–H groups in total. The summed E-state index contributed by atoms with van der Waals surface area (Å²) in [6, 6.07) is 7.15. The van der Waals surface area contributed by atoms with Gasteiger partial charge in [-0.15, -0.1) is 0 Å². The van der Waals surface area contributed by atoms with E-state index in [2.05, 4.69) is 20.1 Å². The fourth-order valence-electron chi connectivity index (χ4n) is 0.567. The molecule has 0 aliphatic carbocycles. The van der Waals surface area contributed by atoms with Gasteiger partial charge in [-0.1, -0.05) is 22.0 Å². The molecule has 1 aromatic rings. The Kier molecular flexibility index (Phi) is 6.56. The van der Waals surface area contributed by atoms with E-state index in [-0.39, 0.29) is 41.5 Å². The Morgan fingerprint density at radius 2 is 2.18 bits per heavy atom. The number of benzene rings is 1. The van der Waals surface area contributed by atoms with Crippen molar-refractivity contribution in [3.05, 3.63) is 28.7 Å². The first-order chi connectivity index (χ1) is 4.83.